The summed E-state index contributed by atoms with van der Waals surface area (Å²) in [5.41, 5.74) is 5.47. The third-order valence-electron chi connectivity index (χ3n) is 2.65. The topological polar surface area (TPSA) is 38.5 Å². The number of hydrogen-bond donors (Lipinski definition) is 1. The highest BCUT2D eigenvalue weighted by Gasteiger charge is 2.26. The van der Waals surface area contributed by atoms with Gasteiger partial charge in [0, 0.05) is 13.1 Å². The lowest BCUT2D eigenvalue weighted by atomic mass is 10.1. The van der Waals surface area contributed by atoms with Gasteiger partial charge in [-0.25, -0.2) is 0 Å². The largest absolute Gasteiger partial charge is 0.393 e. The summed E-state index contributed by atoms with van der Waals surface area (Å²) < 4.78 is 5.66. The Morgan fingerprint density at radius 1 is 1.47 bits per heavy atom. The summed E-state index contributed by atoms with van der Waals surface area (Å²) in [7, 11) is 0. The van der Waals surface area contributed by atoms with Gasteiger partial charge in [-0.05, 0) is 39.7 Å². The SMILES string of the molecule is CC1(C)CN(CCCCC(N)=S)CCO1. The molecule has 2 N–H and O–H groups in total. The van der Waals surface area contributed by atoms with E-state index in [0.29, 0.717) is 4.99 Å². The van der Waals surface area contributed by atoms with Crippen LogP contribution in [-0.4, -0.2) is 41.7 Å². The van der Waals surface area contributed by atoms with E-state index in [1.165, 1.54) is 6.42 Å². The van der Waals surface area contributed by atoms with Crippen molar-refractivity contribution in [2.45, 2.75) is 38.7 Å². The molecule has 0 unspecified atom stereocenters. The van der Waals surface area contributed by atoms with E-state index in [1.807, 2.05) is 0 Å². The van der Waals surface area contributed by atoms with Crippen LogP contribution < -0.4 is 5.73 Å². The van der Waals surface area contributed by atoms with Crippen LogP contribution in [0.1, 0.15) is 33.1 Å². The molecular weight excluding hydrogens is 208 g/mol. The summed E-state index contributed by atoms with van der Waals surface area (Å²) in [6.07, 6.45) is 3.16. The summed E-state index contributed by atoms with van der Waals surface area (Å²) >= 11 is 4.85. The van der Waals surface area contributed by atoms with Crippen LogP contribution in [0, 0.1) is 0 Å². The number of thiocarbonyl (C=S) groups is 1. The Hall–Kier alpha value is -0.190. The van der Waals surface area contributed by atoms with E-state index in [4.69, 9.17) is 22.7 Å². The summed E-state index contributed by atoms with van der Waals surface area (Å²) in [5, 5.41) is 0. The highest BCUT2D eigenvalue weighted by atomic mass is 32.1. The molecule has 3 nitrogen and oxygen atoms in total. The molecule has 0 aromatic heterocycles. The molecule has 1 saturated heterocycles. The lowest BCUT2D eigenvalue weighted by Crippen LogP contribution is -2.48. The Kier molecular flexibility index (Phi) is 4.96. The molecule has 1 heterocycles. The van der Waals surface area contributed by atoms with Crippen molar-refractivity contribution in [2.24, 2.45) is 5.73 Å². The van der Waals surface area contributed by atoms with E-state index >= 15 is 0 Å². The minimum absolute atomic E-state index is 0.0153. The van der Waals surface area contributed by atoms with Gasteiger partial charge < -0.3 is 10.5 Å². The predicted octanol–water partition coefficient (Wildman–Crippen LogP) is 1.55. The average Bonchev–Trinajstić information content (AvgIpc) is 2.10. The van der Waals surface area contributed by atoms with Gasteiger partial charge in [0.2, 0.25) is 0 Å². The number of nitrogens with zero attached hydrogens (tertiary/aromatic N) is 1. The smallest absolute Gasteiger partial charge is 0.0753 e. The molecule has 1 aliphatic rings. The zero-order valence-corrected chi connectivity index (χ0v) is 10.6. The van der Waals surface area contributed by atoms with Crippen molar-refractivity contribution in [3.63, 3.8) is 0 Å². The molecular formula is C11H22N2OS. The van der Waals surface area contributed by atoms with Crippen LogP contribution in [0.15, 0.2) is 0 Å². The summed E-state index contributed by atoms with van der Waals surface area (Å²) in [6.45, 7) is 8.36. The van der Waals surface area contributed by atoms with Crippen LogP contribution >= 0.6 is 12.2 Å². The number of rotatable bonds is 5. The Morgan fingerprint density at radius 3 is 2.80 bits per heavy atom. The fraction of sp³-hybridized carbons (Fsp3) is 0.909. The number of ether oxygens (including phenoxy) is 1. The molecule has 0 saturated carbocycles. The summed E-state index contributed by atoms with van der Waals surface area (Å²) in [5.74, 6) is 0. The van der Waals surface area contributed by atoms with Crippen molar-refractivity contribution in [2.75, 3.05) is 26.2 Å². The maximum Gasteiger partial charge on any atom is 0.0753 e. The van der Waals surface area contributed by atoms with E-state index in [0.717, 1.165) is 39.1 Å². The Morgan fingerprint density at radius 2 is 2.20 bits per heavy atom. The van der Waals surface area contributed by atoms with Crippen LogP contribution in [-0.2, 0) is 4.74 Å². The lowest BCUT2D eigenvalue weighted by Gasteiger charge is -2.38. The van der Waals surface area contributed by atoms with Gasteiger partial charge in [0.05, 0.1) is 17.2 Å². The maximum atomic E-state index is 5.66. The highest BCUT2D eigenvalue weighted by molar-refractivity contribution is 7.80. The van der Waals surface area contributed by atoms with Crippen LogP contribution in [0.4, 0.5) is 0 Å². The standard InChI is InChI=1S/C11H22N2OS/c1-11(2)9-13(7-8-14-11)6-4-3-5-10(12)15/h3-9H2,1-2H3,(H2,12,15). The molecule has 15 heavy (non-hydrogen) atoms. The quantitative estimate of drug-likeness (QED) is 0.574. The van der Waals surface area contributed by atoms with E-state index in [-0.39, 0.29) is 5.60 Å². The second kappa shape index (κ2) is 5.77. The average molecular weight is 230 g/mol. The van der Waals surface area contributed by atoms with Gasteiger partial charge in [-0.15, -0.1) is 0 Å². The van der Waals surface area contributed by atoms with Crippen molar-refractivity contribution < 1.29 is 4.74 Å². The first-order valence-corrected chi connectivity index (χ1v) is 6.05. The maximum absolute atomic E-state index is 5.66. The van der Waals surface area contributed by atoms with E-state index < -0.39 is 0 Å². The van der Waals surface area contributed by atoms with Crippen LogP contribution in [0.5, 0.6) is 0 Å². The Balaban J connectivity index is 2.13. The minimum atomic E-state index is 0.0153. The fourth-order valence-corrected chi connectivity index (χ4v) is 2.08. The van der Waals surface area contributed by atoms with Crippen LogP contribution in [0.25, 0.3) is 0 Å². The van der Waals surface area contributed by atoms with E-state index in [2.05, 4.69) is 18.7 Å². The fourth-order valence-electron chi connectivity index (χ4n) is 1.94. The van der Waals surface area contributed by atoms with Crippen molar-refractivity contribution in [1.29, 1.82) is 0 Å². The van der Waals surface area contributed by atoms with Crippen molar-refractivity contribution in [3.8, 4) is 0 Å². The second-order valence-corrected chi connectivity index (χ2v) is 5.33. The van der Waals surface area contributed by atoms with Crippen LogP contribution in [0.3, 0.4) is 0 Å². The first-order valence-electron chi connectivity index (χ1n) is 5.64. The van der Waals surface area contributed by atoms with Gasteiger partial charge in [-0.3, -0.25) is 4.90 Å². The minimum Gasteiger partial charge on any atom is -0.393 e. The molecule has 1 rings (SSSR count). The second-order valence-electron chi connectivity index (χ2n) is 4.81. The van der Waals surface area contributed by atoms with Gasteiger partial charge >= 0.3 is 0 Å². The lowest BCUT2D eigenvalue weighted by molar-refractivity contribution is -0.0860. The highest BCUT2D eigenvalue weighted by Crippen LogP contribution is 2.16. The molecule has 0 bridgehead atoms. The Bertz CT molecular complexity index is 219. The zero-order valence-electron chi connectivity index (χ0n) is 9.79. The molecule has 0 spiro atoms. The van der Waals surface area contributed by atoms with Gasteiger partial charge in [0.25, 0.3) is 0 Å². The molecule has 88 valence electrons. The number of nitrogens with two attached hydrogens (primary N) is 1. The first kappa shape index (κ1) is 12.9. The monoisotopic (exact) mass is 230 g/mol. The van der Waals surface area contributed by atoms with Crippen LogP contribution in [0.2, 0.25) is 0 Å². The third-order valence-corrected chi connectivity index (χ3v) is 2.86. The molecule has 0 amide bonds. The molecule has 1 aliphatic heterocycles. The summed E-state index contributed by atoms with van der Waals surface area (Å²) in [6, 6.07) is 0. The summed E-state index contributed by atoms with van der Waals surface area (Å²) in [4.78, 5) is 3.10. The van der Waals surface area contributed by atoms with Crippen molar-refractivity contribution in [1.82, 2.24) is 4.90 Å². The molecule has 4 heteroatoms. The zero-order chi connectivity index (χ0) is 11.3. The predicted molar refractivity (Wildman–Crippen MR) is 67.1 cm³/mol. The number of hydrogen-bond acceptors (Lipinski definition) is 3. The number of unbranched alkanes of at least 4 members (excludes halogenated alkanes) is 1. The molecule has 1 fully saturated rings. The molecule has 0 atom stereocenters. The number of morpholine rings is 1. The molecule has 0 radical (unpaired) electrons. The van der Waals surface area contributed by atoms with Crippen molar-refractivity contribution >= 4 is 17.2 Å². The molecule has 0 aromatic rings. The van der Waals surface area contributed by atoms with Gasteiger partial charge in [0.15, 0.2) is 0 Å². The molecule has 0 aliphatic carbocycles. The third kappa shape index (κ3) is 5.44. The first-order chi connectivity index (χ1) is 6.99. The normalized spacial score (nSPS) is 21.5. The van der Waals surface area contributed by atoms with Gasteiger partial charge in [-0.2, -0.15) is 0 Å². The molecule has 0 aromatic carbocycles. The van der Waals surface area contributed by atoms with E-state index in [9.17, 15) is 0 Å². The Labute approximate surface area is 98.0 Å². The van der Waals surface area contributed by atoms with Gasteiger partial charge in [-0.1, -0.05) is 12.2 Å². The van der Waals surface area contributed by atoms with E-state index in [1.54, 1.807) is 0 Å². The van der Waals surface area contributed by atoms with Gasteiger partial charge in [0.1, 0.15) is 0 Å². The van der Waals surface area contributed by atoms with Crippen molar-refractivity contribution in [3.05, 3.63) is 0 Å².